The summed E-state index contributed by atoms with van der Waals surface area (Å²) in [7, 11) is 0. The molecule has 8 heteroatoms. The Morgan fingerprint density at radius 3 is 2.77 bits per heavy atom. The zero-order valence-corrected chi connectivity index (χ0v) is 14.7. The molecule has 0 fully saturated rings. The molecule has 3 aromatic rings. The molecule has 1 aromatic carbocycles. The van der Waals surface area contributed by atoms with Crippen molar-refractivity contribution in [2.45, 2.75) is 19.4 Å². The molecule has 0 radical (unpaired) electrons. The van der Waals surface area contributed by atoms with Gasteiger partial charge in [-0.25, -0.2) is 0 Å². The molecule has 0 unspecified atom stereocenters. The Labute approximate surface area is 154 Å². The first-order chi connectivity index (χ1) is 12.7. The van der Waals surface area contributed by atoms with Crippen LogP contribution in [0.4, 0.5) is 0 Å². The minimum atomic E-state index is -0.444. The summed E-state index contributed by atoms with van der Waals surface area (Å²) in [5, 5.41) is 8.45. The Morgan fingerprint density at radius 1 is 1.15 bits per heavy atom. The van der Waals surface area contributed by atoms with E-state index in [2.05, 4.69) is 15.5 Å². The second-order valence-electron chi connectivity index (χ2n) is 5.41. The van der Waals surface area contributed by atoms with Crippen LogP contribution < -0.4 is 5.32 Å². The minimum absolute atomic E-state index is 0.0758. The van der Waals surface area contributed by atoms with Gasteiger partial charge in [0.15, 0.2) is 6.61 Å². The van der Waals surface area contributed by atoms with E-state index in [0.29, 0.717) is 5.82 Å². The summed E-state index contributed by atoms with van der Waals surface area (Å²) in [6.07, 6.45) is 0.357. The Morgan fingerprint density at radius 2 is 2.00 bits per heavy atom. The van der Waals surface area contributed by atoms with Gasteiger partial charge >= 0.3 is 5.97 Å². The molecule has 0 atom stereocenters. The van der Waals surface area contributed by atoms with E-state index in [1.165, 1.54) is 11.3 Å². The van der Waals surface area contributed by atoms with E-state index in [-0.39, 0.29) is 37.8 Å². The van der Waals surface area contributed by atoms with Gasteiger partial charge in [0.2, 0.25) is 11.7 Å². The number of hydrogen-bond donors (Lipinski definition) is 1. The van der Waals surface area contributed by atoms with Crippen LogP contribution in [-0.2, 0) is 27.4 Å². The number of rotatable bonds is 8. The number of aromatic nitrogens is 2. The van der Waals surface area contributed by atoms with E-state index in [1.54, 1.807) is 0 Å². The molecule has 0 aliphatic heterocycles. The molecule has 0 aliphatic carbocycles. The third-order valence-corrected chi connectivity index (χ3v) is 4.29. The molecule has 2 heterocycles. The second-order valence-corrected chi connectivity index (χ2v) is 6.36. The number of ether oxygens (including phenoxy) is 1. The van der Waals surface area contributed by atoms with Crippen molar-refractivity contribution in [3.63, 3.8) is 0 Å². The maximum Gasteiger partial charge on any atom is 0.308 e. The van der Waals surface area contributed by atoms with Gasteiger partial charge in [-0.15, -0.1) is 11.3 Å². The quantitative estimate of drug-likeness (QED) is 0.612. The van der Waals surface area contributed by atoms with Crippen molar-refractivity contribution in [1.82, 2.24) is 15.5 Å². The van der Waals surface area contributed by atoms with Crippen molar-refractivity contribution in [3.05, 3.63) is 59.3 Å². The SMILES string of the molecule is O=C(Cc1ccccc1)NCCC(=O)OCc1nc(-c2cccs2)no1. The monoisotopic (exact) mass is 371 g/mol. The number of nitrogens with zero attached hydrogens (tertiary/aromatic N) is 2. The zero-order valence-electron chi connectivity index (χ0n) is 13.9. The van der Waals surface area contributed by atoms with Crippen molar-refractivity contribution < 1.29 is 18.8 Å². The molecule has 3 rings (SSSR count). The smallest absolute Gasteiger partial charge is 0.308 e. The fourth-order valence-electron chi connectivity index (χ4n) is 2.18. The van der Waals surface area contributed by atoms with Gasteiger partial charge in [-0.05, 0) is 17.0 Å². The molecule has 0 saturated carbocycles. The van der Waals surface area contributed by atoms with Gasteiger partial charge in [0.1, 0.15) is 0 Å². The molecular weight excluding hydrogens is 354 g/mol. The van der Waals surface area contributed by atoms with Crippen LogP contribution in [0.5, 0.6) is 0 Å². The minimum Gasteiger partial charge on any atom is -0.456 e. The summed E-state index contributed by atoms with van der Waals surface area (Å²) in [4.78, 5) is 28.6. The average Bonchev–Trinajstić information content (AvgIpc) is 3.32. The molecule has 0 bridgehead atoms. The molecule has 0 saturated heterocycles. The van der Waals surface area contributed by atoms with Crippen molar-refractivity contribution in [3.8, 4) is 10.7 Å². The van der Waals surface area contributed by atoms with E-state index >= 15 is 0 Å². The summed E-state index contributed by atoms with van der Waals surface area (Å²) in [5.74, 6) is 0.122. The predicted octanol–water partition coefficient (Wildman–Crippen LogP) is 2.59. The third-order valence-electron chi connectivity index (χ3n) is 3.43. The van der Waals surface area contributed by atoms with E-state index < -0.39 is 5.97 Å². The van der Waals surface area contributed by atoms with Crippen molar-refractivity contribution in [1.29, 1.82) is 0 Å². The van der Waals surface area contributed by atoms with Gasteiger partial charge in [0.25, 0.3) is 5.89 Å². The average molecular weight is 371 g/mol. The topological polar surface area (TPSA) is 94.3 Å². The zero-order chi connectivity index (χ0) is 18.2. The lowest BCUT2D eigenvalue weighted by Gasteiger charge is -2.05. The van der Waals surface area contributed by atoms with Crippen LogP contribution in [0.3, 0.4) is 0 Å². The van der Waals surface area contributed by atoms with Gasteiger partial charge in [0, 0.05) is 6.54 Å². The summed E-state index contributed by atoms with van der Waals surface area (Å²) >= 11 is 1.50. The van der Waals surface area contributed by atoms with Gasteiger partial charge < -0.3 is 14.6 Å². The molecule has 0 aliphatic rings. The maximum absolute atomic E-state index is 11.8. The summed E-state index contributed by atoms with van der Waals surface area (Å²) < 4.78 is 10.1. The van der Waals surface area contributed by atoms with E-state index in [9.17, 15) is 9.59 Å². The summed E-state index contributed by atoms with van der Waals surface area (Å²) in [6, 6.07) is 13.2. The molecule has 1 N–H and O–H groups in total. The molecule has 134 valence electrons. The largest absolute Gasteiger partial charge is 0.456 e. The van der Waals surface area contributed by atoms with Crippen LogP contribution >= 0.6 is 11.3 Å². The van der Waals surface area contributed by atoms with Crippen LogP contribution in [0.15, 0.2) is 52.4 Å². The third kappa shape index (κ3) is 5.25. The lowest BCUT2D eigenvalue weighted by atomic mass is 10.1. The van der Waals surface area contributed by atoms with Crippen LogP contribution in [0.1, 0.15) is 17.9 Å². The Bertz CT molecular complexity index is 846. The molecule has 1 amide bonds. The van der Waals surface area contributed by atoms with E-state index in [0.717, 1.165) is 10.4 Å². The highest BCUT2D eigenvalue weighted by atomic mass is 32.1. The molecule has 2 aromatic heterocycles. The molecule has 26 heavy (non-hydrogen) atoms. The van der Waals surface area contributed by atoms with Crippen LogP contribution in [0.25, 0.3) is 10.7 Å². The van der Waals surface area contributed by atoms with Crippen molar-refractivity contribution >= 4 is 23.2 Å². The standard InChI is InChI=1S/C18H17N3O4S/c22-15(11-13-5-2-1-3-6-13)19-9-8-17(23)24-12-16-20-18(21-25-16)14-7-4-10-26-14/h1-7,10H,8-9,11-12H2,(H,19,22). The van der Waals surface area contributed by atoms with E-state index in [1.807, 2.05) is 47.8 Å². The Kier molecular flexibility index (Phi) is 6.10. The number of carbonyl (C=O) groups excluding carboxylic acids is 2. The first kappa shape index (κ1) is 17.8. The highest BCUT2D eigenvalue weighted by molar-refractivity contribution is 7.13. The number of carbonyl (C=O) groups is 2. The molecule has 7 nitrogen and oxygen atoms in total. The number of nitrogens with one attached hydrogen (secondary N) is 1. The lowest BCUT2D eigenvalue weighted by molar-refractivity contribution is -0.145. The fraction of sp³-hybridized carbons (Fsp3) is 0.222. The normalized spacial score (nSPS) is 10.5. The number of amides is 1. The number of esters is 1. The summed E-state index contributed by atoms with van der Waals surface area (Å²) in [5.41, 5.74) is 0.922. The van der Waals surface area contributed by atoms with Gasteiger partial charge in [0.05, 0.1) is 17.7 Å². The summed E-state index contributed by atoms with van der Waals surface area (Å²) in [6.45, 7) is 0.129. The van der Waals surface area contributed by atoms with Crippen LogP contribution in [0, 0.1) is 0 Å². The molecule has 0 spiro atoms. The Hall–Kier alpha value is -3.00. The second kappa shape index (κ2) is 8.91. The lowest BCUT2D eigenvalue weighted by Crippen LogP contribution is -2.27. The highest BCUT2D eigenvalue weighted by Gasteiger charge is 2.12. The highest BCUT2D eigenvalue weighted by Crippen LogP contribution is 2.21. The predicted molar refractivity (Wildman–Crippen MR) is 95.2 cm³/mol. The van der Waals surface area contributed by atoms with Gasteiger partial charge in [-0.2, -0.15) is 4.98 Å². The van der Waals surface area contributed by atoms with Gasteiger partial charge in [-0.1, -0.05) is 41.6 Å². The van der Waals surface area contributed by atoms with Crippen molar-refractivity contribution in [2.24, 2.45) is 0 Å². The first-order valence-electron chi connectivity index (χ1n) is 8.03. The van der Waals surface area contributed by atoms with Crippen molar-refractivity contribution in [2.75, 3.05) is 6.54 Å². The maximum atomic E-state index is 11.8. The fourth-order valence-corrected chi connectivity index (χ4v) is 2.83. The first-order valence-corrected chi connectivity index (χ1v) is 8.91. The number of thiophene rings is 1. The van der Waals surface area contributed by atoms with Gasteiger partial charge in [-0.3, -0.25) is 9.59 Å². The van der Waals surface area contributed by atoms with E-state index in [4.69, 9.17) is 9.26 Å². The number of hydrogen-bond acceptors (Lipinski definition) is 7. The Balaban J connectivity index is 1.35. The van der Waals surface area contributed by atoms with Crippen LogP contribution in [-0.4, -0.2) is 28.6 Å². The molecular formula is C18H17N3O4S. The van der Waals surface area contributed by atoms with Crippen LogP contribution in [0.2, 0.25) is 0 Å². The number of benzene rings is 1.